The first-order valence-corrected chi connectivity index (χ1v) is 16.8. The Labute approximate surface area is 294 Å². The molecular formula is C35H33F13O3S. The number of hydrogen-bond acceptors (Lipinski definition) is 4. The van der Waals surface area contributed by atoms with Gasteiger partial charge in [0.1, 0.15) is 11.5 Å². The molecule has 0 bridgehead atoms. The summed E-state index contributed by atoms with van der Waals surface area (Å²) in [7, 11) is 0. The maximum absolute atomic E-state index is 14.0. The monoisotopic (exact) mass is 780 g/mol. The van der Waals surface area contributed by atoms with Gasteiger partial charge in [0, 0.05) is 17.1 Å². The first-order chi connectivity index (χ1) is 24.1. The molecule has 0 radical (unpaired) electrons. The predicted octanol–water partition coefficient (Wildman–Crippen LogP) is 12.5. The van der Waals surface area contributed by atoms with E-state index >= 15 is 0 Å². The molecule has 3 aromatic carbocycles. The zero-order valence-electron chi connectivity index (χ0n) is 27.3. The molecule has 0 aliphatic carbocycles. The SMILES string of the molecule is CCCCCCCCOc1ccc(-c2ccc(OC(=O)c3ccc(SCCC(F)(F)C(F)(F)C(F)(F)C(F)(F)C(F)(F)C(F)(F)F)cc3)cc2)cc1. The molecule has 0 aromatic heterocycles. The second kappa shape index (κ2) is 17.0. The number of thioether (sulfide) groups is 1. The van der Waals surface area contributed by atoms with E-state index in [1.807, 2.05) is 24.3 Å². The summed E-state index contributed by atoms with van der Waals surface area (Å²) in [5, 5.41) is 0. The van der Waals surface area contributed by atoms with Crippen molar-refractivity contribution in [2.24, 2.45) is 0 Å². The number of esters is 1. The number of unbranched alkanes of at least 4 members (excludes halogenated alkanes) is 5. The lowest BCUT2D eigenvalue weighted by Crippen LogP contribution is -2.70. The molecular weight excluding hydrogens is 747 g/mol. The Kier molecular flexibility index (Phi) is 14.0. The van der Waals surface area contributed by atoms with E-state index in [0.29, 0.717) is 6.61 Å². The highest BCUT2D eigenvalue weighted by Gasteiger charge is 2.90. The molecule has 0 aliphatic heterocycles. The van der Waals surface area contributed by atoms with Crippen LogP contribution in [0, 0.1) is 0 Å². The summed E-state index contributed by atoms with van der Waals surface area (Å²) in [6, 6.07) is 18.4. The molecule has 0 amide bonds. The summed E-state index contributed by atoms with van der Waals surface area (Å²) in [5.41, 5.74) is 1.62. The molecule has 0 saturated heterocycles. The van der Waals surface area contributed by atoms with E-state index < -0.39 is 53.9 Å². The van der Waals surface area contributed by atoms with Crippen LogP contribution in [-0.4, -0.2) is 54.1 Å². The topological polar surface area (TPSA) is 35.5 Å². The second-order valence-corrected chi connectivity index (χ2v) is 12.8. The Morgan fingerprint density at radius 3 is 1.58 bits per heavy atom. The van der Waals surface area contributed by atoms with Crippen molar-refractivity contribution in [3.63, 3.8) is 0 Å². The van der Waals surface area contributed by atoms with Crippen molar-refractivity contribution in [2.45, 2.75) is 92.6 Å². The van der Waals surface area contributed by atoms with Crippen molar-refractivity contribution in [1.29, 1.82) is 0 Å². The van der Waals surface area contributed by atoms with Crippen LogP contribution >= 0.6 is 11.8 Å². The number of ether oxygens (including phenoxy) is 2. The van der Waals surface area contributed by atoms with Crippen molar-refractivity contribution < 1.29 is 71.3 Å². The molecule has 0 saturated carbocycles. The summed E-state index contributed by atoms with van der Waals surface area (Å²) in [6.45, 7) is 2.78. The second-order valence-electron chi connectivity index (χ2n) is 11.7. The highest BCUT2D eigenvalue weighted by atomic mass is 32.2. The molecule has 0 atom stereocenters. The number of hydrogen-bond donors (Lipinski definition) is 0. The minimum atomic E-state index is -7.93. The lowest BCUT2D eigenvalue weighted by molar-refractivity contribution is -0.439. The number of carbonyl (C=O) groups excluding carboxylic acids is 1. The largest absolute Gasteiger partial charge is 0.494 e. The Bertz CT molecular complexity index is 1580. The van der Waals surface area contributed by atoms with E-state index in [2.05, 4.69) is 6.92 Å². The van der Waals surface area contributed by atoms with E-state index in [1.165, 1.54) is 37.8 Å². The lowest BCUT2D eigenvalue weighted by atomic mass is 9.93. The van der Waals surface area contributed by atoms with Crippen LogP contribution < -0.4 is 9.47 Å². The summed E-state index contributed by atoms with van der Waals surface area (Å²) in [4.78, 5) is 12.6. The van der Waals surface area contributed by atoms with Crippen molar-refractivity contribution in [1.82, 2.24) is 0 Å². The van der Waals surface area contributed by atoms with Gasteiger partial charge in [-0.25, -0.2) is 4.79 Å². The van der Waals surface area contributed by atoms with E-state index in [-0.39, 0.29) is 28.0 Å². The van der Waals surface area contributed by atoms with E-state index in [1.54, 1.807) is 12.1 Å². The van der Waals surface area contributed by atoms with Crippen LogP contribution in [-0.2, 0) is 0 Å². The van der Waals surface area contributed by atoms with Crippen molar-refractivity contribution in [3.8, 4) is 22.6 Å². The fourth-order valence-corrected chi connectivity index (χ4v) is 5.56. The third kappa shape index (κ3) is 9.67. The smallest absolute Gasteiger partial charge is 0.460 e. The van der Waals surface area contributed by atoms with E-state index in [0.717, 1.165) is 54.0 Å². The van der Waals surface area contributed by atoms with Crippen LogP contribution in [0.1, 0.15) is 62.2 Å². The van der Waals surface area contributed by atoms with Crippen molar-refractivity contribution >= 4 is 17.7 Å². The first-order valence-electron chi connectivity index (χ1n) is 15.8. The number of carbonyl (C=O) groups is 1. The number of benzene rings is 3. The molecule has 0 N–H and O–H groups in total. The van der Waals surface area contributed by atoms with Crippen LogP contribution in [0.25, 0.3) is 11.1 Å². The number of rotatable bonds is 19. The molecule has 3 aromatic rings. The highest BCUT2D eigenvalue weighted by Crippen LogP contribution is 2.60. The third-order valence-corrected chi connectivity index (χ3v) is 8.81. The molecule has 3 rings (SSSR count). The summed E-state index contributed by atoms with van der Waals surface area (Å²) in [5.74, 6) is -38.2. The summed E-state index contributed by atoms with van der Waals surface area (Å²) < 4.78 is 184. The lowest BCUT2D eigenvalue weighted by Gasteiger charge is -2.39. The molecule has 17 heteroatoms. The van der Waals surface area contributed by atoms with Gasteiger partial charge in [-0.15, -0.1) is 11.8 Å². The van der Waals surface area contributed by atoms with E-state index in [9.17, 15) is 61.9 Å². The normalized spacial score (nSPS) is 13.3. The van der Waals surface area contributed by atoms with Crippen LogP contribution in [0.4, 0.5) is 57.1 Å². The summed E-state index contributed by atoms with van der Waals surface area (Å²) in [6.07, 6.45) is -2.89. The zero-order chi connectivity index (χ0) is 39.0. The molecule has 3 nitrogen and oxygen atoms in total. The van der Waals surface area contributed by atoms with Gasteiger partial charge in [-0.1, -0.05) is 63.3 Å². The van der Waals surface area contributed by atoms with E-state index in [4.69, 9.17) is 9.47 Å². The average molecular weight is 781 g/mol. The van der Waals surface area contributed by atoms with Crippen LogP contribution in [0.5, 0.6) is 11.5 Å². The van der Waals surface area contributed by atoms with Crippen molar-refractivity contribution in [3.05, 3.63) is 78.4 Å². The van der Waals surface area contributed by atoms with Crippen LogP contribution in [0.3, 0.4) is 0 Å². The van der Waals surface area contributed by atoms with Gasteiger partial charge in [0.05, 0.1) is 12.2 Å². The summed E-state index contributed by atoms with van der Waals surface area (Å²) >= 11 is 0.290. The Morgan fingerprint density at radius 2 is 1.06 bits per heavy atom. The van der Waals surface area contributed by atoms with Gasteiger partial charge in [0.2, 0.25) is 0 Å². The van der Waals surface area contributed by atoms with Crippen LogP contribution in [0.15, 0.2) is 77.7 Å². The van der Waals surface area contributed by atoms with Gasteiger partial charge in [-0.3, -0.25) is 0 Å². The Morgan fingerprint density at radius 1 is 0.577 bits per heavy atom. The van der Waals surface area contributed by atoms with Gasteiger partial charge in [-0.2, -0.15) is 57.1 Å². The zero-order valence-corrected chi connectivity index (χ0v) is 28.2. The quantitative estimate of drug-likeness (QED) is 0.0399. The standard InChI is InChI=1S/C35H33F13O3S/c1-2-3-4-5-6-7-21-50-26-14-8-23(9-15-26)24-10-16-27(17-11-24)51-29(49)25-12-18-28(19-13-25)52-22-20-30(36,37)31(38,39)32(40,41)33(42,43)34(44,45)35(46,47)48/h8-19H,2-7,20-22H2,1H3. The fourth-order valence-electron chi connectivity index (χ4n) is 4.64. The molecule has 0 fully saturated rings. The molecule has 0 heterocycles. The number of alkyl halides is 13. The van der Waals surface area contributed by atoms with Gasteiger partial charge in [0.15, 0.2) is 0 Å². The van der Waals surface area contributed by atoms with Crippen LogP contribution in [0.2, 0.25) is 0 Å². The Balaban J connectivity index is 1.52. The maximum atomic E-state index is 14.0. The van der Waals surface area contributed by atoms with Gasteiger partial charge in [0.25, 0.3) is 0 Å². The minimum absolute atomic E-state index is 0.0143. The molecule has 0 spiro atoms. The fraction of sp³-hybridized carbons (Fsp3) is 0.457. The maximum Gasteiger partial charge on any atom is 0.460 e. The van der Waals surface area contributed by atoms with Crippen molar-refractivity contribution in [2.75, 3.05) is 12.4 Å². The minimum Gasteiger partial charge on any atom is -0.494 e. The first kappa shape index (κ1) is 42.8. The molecule has 288 valence electrons. The van der Waals surface area contributed by atoms with Gasteiger partial charge >= 0.3 is 41.8 Å². The molecule has 0 aliphatic rings. The predicted molar refractivity (Wildman–Crippen MR) is 168 cm³/mol. The Hall–Kier alpha value is -3.63. The highest BCUT2D eigenvalue weighted by molar-refractivity contribution is 7.99. The number of halogens is 13. The van der Waals surface area contributed by atoms with Gasteiger partial charge < -0.3 is 9.47 Å². The average Bonchev–Trinajstić information content (AvgIpc) is 3.08. The molecule has 52 heavy (non-hydrogen) atoms. The third-order valence-electron chi connectivity index (χ3n) is 7.79. The van der Waals surface area contributed by atoms with Gasteiger partial charge in [-0.05, 0) is 66.1 Å². The molecule has 0 unspecified atom stereocenters.